The number of rotatable bonds is 2. The first-order valence-electron chi connectivity index (χ1n) is 7.49. The lowest BCUT2D eigenvalue weighted by atomic mass is 9.71. The van der Waals surface area contributed by atoms with Crippen molar-refractivity contribution < 1.29 is 4.74 Å². The predicted molar refractivity (Wildman–Crippen MR) is 70.0 cm³/mol. The summed E-state index contributed by atoms with van der Waals surface area (Å²) < 4.78 is 6.15. The Labute approximate surface area is 106 Å². The molecule has 0 saturated carbocycles. The molecule has 0 radical (unpaired) electrons. The van der Waals surface area contributed by atoms with Crippen LogP contribution < -0.4 is 0 Å². The van der Waals surface area contributed by atoms with Crippen LogP contribution in [0.15, 0.2) is 0 Å². The van der Waals surface area contributed by atoms with Gasteiger partial charge in [-0.1, -0.05) is 13.8 Å². The fourth-order valence-corrected chi connectivity index (χ4v) is 4.49. The largest absolute Gasteiger partial charge is 0.374 e. The minimum absolute atomic E-state index is 0.597. The molecule has 5 atom stereocenters. The lowest BCUT2D eigenvalue weighted by Gasteiger charge is -2.48. The Bertz CT molecular complexity index is 261. The molecule has 2 bridgehead atoms. The van der Waals surface area contributed by atoms with E-state index in [9.17, 15) is 0 Å². The van der Waals surface area contributed by atoms with E-state index in [1.807, 2.05) is 0 Å². The molecule has 0 aromatic carbocycles. The lowest BCUT2D eigenvalue weighted by molar-refractivity contribution is 0.0110. The molecule has 3 rings (SSSR count). The highest BCUT2D eigenvalue weighted by molar-refractivity contribution is 5.03. The average molecular weight is 237 g/mol. The SMILES string of the molecule is CC(C)C1CC2C3CCC(O3)C2CN1C(C)C. The maximum absolute atomic E-state index is 6.15. The van der Waals surface area contributed by atoms with E-state index in [0.29, 0.717) is 18.2 Å². The Morgan fingerprint density at radius 3 is 2.24 bits per heavy atom. The molecule has 5 unspecified atom stereocenters. The number of piperidine rings is 1. The summed E-state index contributed by atoms with van der Waals surface area (Å²) in [6, 6.07) is 1.46. The van der Waals surface area contributed by atoms with Gasteiger partial charge in [-0.05, 0) is 44.9 Å². The molecule has 0 aromatic heterocycles. The minimum Gasteiger partial charge on any atom is -0.374 e. The molecule has 0 amide bonds. The van der Waals surface area contributed by atoms with Gasteiger partial charge in [0.25, 0.3) is 0 Å². The summed E-state index contributed by atoms with van der Waals surface area (Å²) >= 11 is 0. The van der Waals surface area contributed by atoms with E-state index in [4.69, 9.17) is 4.74 Å². The van der Waals surface area contributed by atoms with Gasteiger partial charge in [0, 0.05) is 24.5 Å². The summed E-state index contributed by atoms with van der Waals surface area (Å²) in [6.07, 6.45) is 5.24. The van der Waals surface area contributed by atoms with E-state index < -0.39 is 0 Å². The van der Waals surface area contributed by atoms with Gasteiger partial charge in [-0.3, -0.25) is 4.90 Å². The number of hydrogen-bond donors (Lipinski definition) is 0. The van der Waals surface area contributed by atoms with E-state index >= 15 is 0 Å². The fraction of sp³-hybridized carbons (Fsp3) is 1.00. The number of hydrogen-bond acceptors (Lipinski definition) is 2. The van der Waals surface area contributed by atoms with Crippen LogP contribution >= 0.6 is 0 Å². The molecule has 3 heterocycles. The number of nitrogens with zero attached hydrogens (tertiary/aromatic N) is 1. The third-order valence-electron chi connectivity index (χ3n) is 5.38. The van der Waals surface area contributed by atoms with Crippen LogP contribution in [0.1, 0.15) is 47.0 Å². The quantitative estimate of drug-likeness (QED) is 0.732. The van der Waals surface area contributed by atoms with Crippen molar-refractivity contribution in [2.75, 3.05) is 6.54 Å². The topological polar surface area (TPSA) is 12.5 Å². The van der Waals surface area contributed by atoms with Crippen molar-refractivity contribution >= 4 is 0 Å². The number of ether oxygens (including phenoxy) is 1. The van der Waals surface area contributed by atoms with Gasteiger partial charge in [0.15, 0.2) is 0 Å². The Kier molecular flexibility index (Phi) is 2.99. The van der Waals surface area contributed by atoms with Gasteiger partial charge in [0.1, 0.15) is 0 Å². The van der Waals surface area contributed by atoms with Gasteiger partial charge in [-0.25, -0.2) is 0 Å². The summed E-state index contributed by atoms with van der Waals surface area (Å²) in [5.74, 6) is 2.49. The monoisotopic (exact) mass is 237 g/mol. The van der Waals surface area contributed by atoms with Crippen LogP contribution in [0.2, 0.25) is 0 Å². The maximum Gasteiger partial charge on any atom is 0.0624 e. The third-order valence-corrected chi connectivity index (χ3v) is 5.38. The van der Waals surface area contributed by atoms with Gasteiger partial charge >= 0.3 is 0 Å². The van der Waals surface area contributed by atoms with Crippen LogP contribution in [0.4, 0.5) is 0 Å². The predicted octanol–water partition coefficient (Wildman–Crippen LogP) is 2.92. The molecule has 2 heteroatoms. The summed E-state index contributed by atoms with van der Waals surface area (Å²) in [7, 11) is 0. The van der Waals surface area contributed by atoms with Crippen LogP contribution in [0.25, 0.3) is 0 Å². The van der Waals surface area contributed by atoms with Crippen molar-refractivity contribution in [2.24, 2.45) is 17.8 Å². The zero-order valence-corrected chi connectivity index (χ0v) is 11.7. The molecule has 3 aliphatic heterocycles. The van der Waals surface area contributed by atoms with E-state index in [1.165, 1.54) is 25.8 Å². The zero-order chi connectivity index (χ0) is 12.2. The first-order valence-corrected chi connectivity index (χ1v) is 7.49. The molecule has 3 aliphatic rings. The third kappa shape index (κ3) is 1.84. The summed E-state index contributed by atoms with van der Waals surface area (Å²) in [4.78, 5) is 2.75. The second kappa shape index (κ2) is 4.24. The molecule has 17 heavy (non-hydrogen) atoms. The number of fused-ring (bicyclic) bond motifs is 5. The van der Waals surface area contributed by atoms with Crippen molar-refractivity contribution in [3.63, 3.8) is 0 Å². The highest BCUT2D eigenvalue weighted by atomic mass is 16.5. The Balaban J connectivity index is 1.79. The van der Waals surface area contributed by atoms with E-state index in [-0.39, 0.29) is 0 Å². The van der Waals surface area contributed by atoms with Gasteiger partial charge in [0.2, 0.25) is 0 Å². The van der Waals surface area contributed by atoms with E-state index in [2.05, 4.69) is 32.6 Å². The zero-order valence-electron chi connectivity index (χ0n) is 11.7. The van der Waals surface area contributed by atoms with Crippen molar-refractivity contribution in [2.45, 2.75) is 71.2 Å². The summed E-state index contributed by atoms with van der Waals surface area (Å²) in [5.41, 5.74) is 0. The van der Waals surface area contributed by atoms with Crippen molar-refractivity contribution in [1.82, 2.24) is 4.90 Å². The van der Waals surface area contributed by atoms with Gasteiger partial charge in [0.05, 0.1) is 12.2 Å². The van der Waals surface area contributed by atoms with E-state index in [0.717, 1.165) is 23.8 Å². The molecule has 0 spiro atoms. The van der Waals surface area contributed by atoms with Gasteiger partial charge in [-0.15, -0.1) is 0 Å². The molecule has 0 aliphatic carbocycles. The van der Waals surface area contributed by atoms with E-state index in [1.54, 1.807) is 0 Å². The molecular formula is C15H27NO. The number of likely N-dealkylation sites (tertiary alicyclic amines) is 1. The van der Waals surface area contributed by atoms with Gasteiger partial charge < -0.3 is 4.74 Å². The second-order valence-electron chi connectivity index (χ2n) is 6.96. The summed E-state index contributed by atoms with van der Waals surface area (Å²) in [6.45, 7) is 10.8. The van der Waals surface area contributed by atoms with Crippen LogP contribution in [0, 0.1) is 17.8 Å². The first kappa shape index (κ1) is 12.0. The van der Waals surface area contributed by atoms with Gasteiger partial charge in [-0.2, -0.15) is 0 Å². The standard InChI is InChI=1S/C15H27NO/c1-9(2)13-7-11-12(8-16(13)10(3)4)15-6-5-14(11)17-15/h9-15H,5-8H2,1-4H3. The molecule has 0 aromatic rings. The van der Waals surface area contributed by atoms with Crippen molar-refractivity contribution in [3.8, 4) is 0 Å². The highest BCUT2D eigenvalue weighted by Crippen LogP contribution is 2.49. The maximum atomic E-state index is 6.15. The molecule has 3 fully saturated rings. The molecule has 3 saturated heterocycles. The Morgan fingerprint density at radius 2 is 1.65 bits per heavy atom. The first-order chi connectivity index (χ1) is 8.08. The van der Waals surface area contributed by atoms with Crippen molar-refractivity contribution in [3.05, 3.63) is 0 Å². The minimum atomic E-state index is 0.597. The molecule has 98 valence electrons. The highest BCUT2D eigenvalue weighted by Gasteiger charge is 2.53. The fourth-order valence-electron chi connectivity index (χ4n) is 4.49. The van der Waals surface area contributed by atoms with Crippen LogP contribution in [0.5, 0.6) is 0 Å². The average Bonchev–Trinajstić information content (AvgIpc) is 2.87. The molecule has 0 N–H and O–H groups in total. The Morgan fingerprint density at radius 1 is 1.00 bits per heavy atom. The molecule has 2 nitrogen and oxygen atoms in total. The van der Waals surface area contributed by atoms with Crippen LogP contribution in [-0.2, 0) is 4.74 Å². The normalized spacial score (nSPS) is 45.9. The lowest BCUT2D eigenvalue weighted by Crippen LogP contribution is -2.54. The molecular weight excluding hydrogens is 210 g/mol. The smallest absolute Gasteiger partial charge is 0.0624 e. The van der Waals surface area contributed by atoms with Crippen molar-refractivity contribution in [1.29, 1.82) is 0 Å². The van der Waals surface area contributed by atoms with Crippen LogP contribution in [-0.4, -0.2) is 35.7 Å². The second-order valence-corrected chi connectivity index (χ2v) is 6.96. The Hall–Kier alpha value is -0.0800. The summed E-state index contributed by atoms with van der Waals surface area (Å²) in [5, 5.41) is 0. The van der Waals surface area contributed by atoms with Crippen LogP contribution in [0.3, 0.4) is 0 Å².